The summed E-state index contributed by atoms with van der Waals surface area (Å²) in [7, 11) is 0. The van der Waals surface area contributed by atoms with Crippen molar-refractivity contribution in [3.05, 3.63) is 0 Å². The Morgan fingerprint density at radius 2 is 0.823 bits per heavy atom. The van der Waals surface area contributed by atoms with Gasteiger partial charge in [0.1, 0.15) is 0 Å². The molecule has 0 saturated carbocycles. The van der Waals surface area contributed by atoms with Crippen LogP contribution in [0.25, 0.3) is 0 Å². The number of morpholine rings is 1. The van der Waals surface area contributed by atoms with Gasteiger partial charge in [-0.1, -0.05) is 155 Å². The maximum Gasteiger partial charge on any atom is 0.408 e. The van der Waals surface area contributed by atoms with Crippen molar-refractivity contribution in [2.24, 2.45) is 0 Å². The third-order valence-electron chi connectivity index (χ3n) is 11.2. The van der Waals surface area contributed by atoms with E-state index in [-0.39, 0.29) is 25.2 Å². The number of carbonyl (C=O) groups excluding carboxylic acids is 5. The molecule has 0 aromatic carbocycles. The van der Waals surface area contributed by atoms with Gasteiger partial charge in [-0.05, 0) is 51.5 Å². The molecule has 62 heavy (non-hydrogen) atoms. The van der Waals surface area contributed by atoms with Gasteiger partial charge in [-0.15, -0.1) is 0 Å². The van der Waals surface area contributed by atoms with Gasteiger partial charge < -0.3 is 33.7 Å². The van der Waals surface area contributed by atoms with E-state index in [9.17, 15) is 24.0 Å². The molecule has 1 fully saturated rings. The molecule has 1 amide bonds. The van der Waals surface area contributed by atoms with Crippen LogP contribution in [0.3, 0.4) is 0 Å². The number of nitrogens with one attached hydrogen (secondary N) is 1. The Morgan fingerprint density at radius 1 is 0.468 bits per heavy atom. The Bertz CT molecular complexity index is 1040. The van der Waals surface area contributed by atoms with Crippen LogP contribution in [0.5, 0.6) is 0 Å². The third-order valence-corrected chi connectivity index (χ3v) is 11.2. The first-order valence-electron chi connectivity index (χ1n) is 25.3. The molecule has 1 heterocycles. The van der Waals surface area contributed by atoms with Crippen LogP contribution in [0.1, 0.15) is 213 Å². The zero-order valence-electron chi connectivity index (χ0n) is 39.5. The summed E-state index contributed by atoms with van der Waals surface area (Å²) in [4.78, 5) is 64.9. The zero-order valence-corrected chi connectivity index (χ0v) is 39.5. The number of nitrogens with zero attached hydrogens (tertiary/aromatic N) is 1. The van der Waals surface area contributed by atoms with Crippen LogP contribution in [0.15, 0.2) is 0 Å². The highest BCUT2D eigenvalue weighted by Crippen LogP contribution is 2.13. The molecule has 0 aromatic rings. The van der Waals surface area contributed by atoms with Gasteiger partial charge in [-0.3, -0.25) is 14.5 Å². The summed E-state index contributed by atoms with van der Waals surface area (Å²) < 4.78 is 32.1. The number of carbonyl (C=O) groups is 5. The molecule has 0 aromatic heterocycles. The van der Waals surface area contributed by atoms with Gasteiger partial charge in [0.05, 0.1) is 39.6 Å². The fourth-order valence-corrected chi connectivity index (χ4v) is 7.30. The highest BCUT2D eigenvalue weighted by Gasteiger charge is 2.34. The fraction of sp³-hybridized carbons (Fsp3) is 0.898. The number of esters is 4. The van der Waals surface area contributed by atoms with E-state index >= 15 is 0 Å². The fourth-order valence-electron chi connectivity index (χ4n) is 7.30. The van der Waals surface area contributed by atoms with Crippen LogP contribution < -0.4 is 5.32 Å². The summed E-state index contributed by atoms with van der Waals surface area (Å²) in [6, 6.07) is 0. The van der Waals surface area contributed by atoms with Crippen molar-refractivity contribution in [1.29, 1.82) is 0 Å². The Morgan fingerprint density at radius 3 is 1.23 bits per heavy atom. The standard InChI is InChI=1S/C49H90N2O11/c1-3-5-7-9-11-13-15-19-25-32-44(52)58-38-27-21-17-23-29-40-60-47(54)46(62-49(56)50-34-31-35-51-36-42-57-43-37-51)48(55)61-41-30-24-18-22-28-39-59-45(53)33-26-20-16-14-12-10-8-6-4-2/h46H,3-43H2,1-2H3,(H,50,56). The summed E-state index contributed by atoms with van der Waals surface area (Å²) in [6.45, 7) is 9.61. The molecule has 1 saturated heterocycles. The summed E-state index contributed by atoms with van der Waals surface area (Å²) in [6.07, 6.45) is 28.6. The number of hydrogen-bond donors (Lipinski definition) is 1. The second kappa shape index (κ2) is 43.3. The van der Waals surface area contributed by atoms with Crippen molar-refractivity contribution < 1.29 is 52.4 Å². The quantitative estimate of drug-likeness (QED) is 0.0268. The first-order valence-corrected chi connectivity index (χ1v) is 25.3. The molecule has 1 aliphatic rings. The van der Waals surface area contributed by atoms with Crippen LogP contribution in [-0.4, -0.2) is 107 Å². The van der Waals surface area contributed by atoms with Gasteiger partial charge >= 0.3 is 30.0 Å². The van der Waals surface area contributed by atoms with Gasteiger partial charge in [0.2, 0.25) is 0 Å². The van der Waals surface area contributed by atoms with Crippen LogP contribution in [0, 0.1) is 0 Å². The monoisotopic (exact) mass is 883 g/mol. The number of alkyl carbamates (subject to hydrolysis) is 1. The Balaban J connectivity index is 2.25. The molecule has 0 unspecified atom stereocenters. The number of rotatable bonds is 43. The summed E-state index contributed by atoms with van der Waals surface area (Å²) in [5.74, 6) is -2.15. The van der Waals surface area contributed by atoms with Crippen LogP contribution in [-0.2, 0) is 47.6 Å². The van der Waals surface area contributed by atoms with E-state index in [1.165, 1.54) is 89.9 Å². The van der Waals surface area contributed by atoms with Crippen molar-refractivity contribution in [2.75, 3.05) is 65.8 Å². The Kier molecular flexibility index (Phi) is 39.9. The van der Waals surface area contributed by atoms with Gasteiger partial charge in [-0.25, -0.2) is 14.4 Å². The average molecular weight is 883 g/mol. The molecular weight excluding hydrogens is 793 g/mol. The van der Waals surface area contributed by atoms with E-state index in [2.05, 4.69) is 24.1 Å². The number of amides is 1. The molecule has 0 atom stereocenters. The lowest BCUT2D eigenvalue weighted by Crippen LogP contribution is -2.42. The van der Waals surface area contributed by atoms with Crippen LogP contribution in [0.4, 0.5) is 4.79 Å². The smallest absolute Gasteiger partial charge is 0.408 e. The Labute approximate surface area is 376 Å². The van der Waals surface area contributed by atoms with E-state index in [0.717, 1.165) is 96.7 Å². The van der Waals surface area contributed by atoms with E-state index in [1.54, 1.807) is 0 Å². The van der Waals surface area contributed by atoms with E-state index in [0.29, 0.717) is 65.1 Å². The molecule has 1 aliphatic heterocycles. The second-order valence-corrected chi connectivity index (χ2v) is 17.0. The lowest BCUT2D eigenvalue weighted by atomic mass is 10.1. The lowest BCUT2D eigenvalue weighted by molar-refractivity contribution is -0.169. The minimum Gasteiger partial charge on any atom is -0.466 e. The topological polar surface area (TPSA) is 156 Å². The predicted molar refractivity (Wildman–Crippen MR) is 244 cm³/mol. The molecule has 0 spiro atoms. The van der Waals surface area contributed by atoms with Gasteiger partial charge in [0.25, 0.3) is 6.10 Å². The summed E-state index contributed by atoms with van der Waals surface area (Å²) in [5.41, 5.74) is 0. The molecule has 0 radical (unpaired) electrons. The van der Waals surface area contributed by atoms with Crippen molar-refractivity contribution in [1.82, 2.24) is 10.2 Å². The summed E-state index contributed by atoms with van der Waals surface area (Å²) in [5, 5.41) is 2.63. The van der Waals surface area contributed by atoms with Crippen LogP contribution in [0.2, 0.25) is 0 Å². The average Bonchev–Trinajstić information content (AvgIpc) is 3.27. The van der Waals surface area contributed by atoms with Crippen molar-refractivity contribution in [2.45, 2.75) is 219 Å². The molecule has 0 aliphatic carbocycles. The highest BCUT2D eigenvalue weighted by molar-refractivity contribution is 5.99. The maximum absolute atomic E-state index is 13.0. The summed E-state index contributed by atoms with van der Waals surface area (Å²) >= 11 is 0. The normalized spacial score (nSPS) is 12.9. The molecule has 13 nitrogen and oxygen atoms in total. The van der Waals surface area contributed by atoms with E-state index in [4.69, 9.17) is 28.4 Å². The third kappa shape index (κ3) is 36.5. The minimum atomic E-state index is -1.82. The molecular formula is C49H90N2O11. The SMILES string of the molecule is CCCCCCCCCCCC(=O)OCCCCCCCOC(=O)C(OC(=O)NCCCN1CCOCC1)C(=O)OCCCCCCCOC(=O)CCCCCCCCCCC. The second-order valence-electron chi connectivity index (χ2n) is 17.0. The van der Waals surface area contributed by atoms with Gasteiger partial charge in [0.15, 0.2) is 0 Å². The number of unbranched alkanes of at least 4 members (excludes halogenated alkanes) is 24. The lowest BCUT2D eigenvalue weighted by Gasteiger charge is -2.26. The van der Waals surface area contributed by atoms with Crippen molar-refractivity contribution >= 4 is 30.0 Å². The minimum absolute atomic E-state index is 0.0788. The van der Waals surface area contributed by atoms with Gasteiger partial charge in [0, 0.05) is 32.5 Å². The molecule has 1 rings (SSSR count). The molecule has 1 N–H and O–H groups in total. The first-order chi connectivity index (χ1) is 30.4. The maximum atomic E-state index is 13.0. The van der Waals surface area contributed by atoms with Crippen molar-refractivity contribution in [3.63, 3.8) is 0 Å². The van der Waals surface area contributed by atoms with Crippen molar-refractivity contribution in [3.8, 4) is 0 Å². The zero-order chi connectivity index (χ0) is 45.0. The number of ether oxygens (including phenoxy) is 6. The van der Waals surface area contributed by atoms with Crippen LogP contribution >= 0.6 is 0 Å². The van der Waals surface area contributed by atoms with E-state index in [1.807, 2.05) is 0 Å². The molecule has 13 heteroatoms. The predicted octanol–water partition coefficient (Wildman–Crippen LogP) is 10.7. The Hall–Kier alpha value is -2.93. The highest BCUT2D eigenvalue weighted by atomic mass is 16.6. The van der Waals surface area contributed by atoms with Gasteiger partial charge in [-0.2, -0.15) is 0 Å². The first kappa shape index (κ1) is 57.1. The number of hydrogen-bond acceptors (Lipinski definition) is 12. The molecule has 0 bridgehead atoms. The van der Waals surface area contributed by atoms with E-state index < -0.39 is 24.1 Å². The largest absolute Gasteiger partial charge is 0.466 e. The molecule has 362 valence electrons.